The van der Waals surface area contributed by atoms with Crippen LogP contribution >= 0.6 is 22.6 Å². The van der Waals surface area contributed by atoms with Gasteiger partial charge in [-0.05, 0) is 47.2 Å². The highest BCUT2D eigenvalue weighted by Crippen LogP contribution is 2.07. The van der Waals surface area contributed by atoms with Crippen molar-refractivity contribution in [1.82, 2.24) is 5.32 Å². The normalized spacial score (nSPS) is 9.94. The van der Waals surface area contributed by atoms with Crippen molar-refractivity contribution in [3.8, 4) is 0 Å². The number of nitrogens with one attached hydrogen (secondary N) is 1. The van der Waals surface area contributed by atoms with Crippen molar-refractivity contribution < 1.29 is 9.53 Å². The Labute approximate surface area is 115 Å². The summed E-state index contributed by atoms with van der Waals surface area (Å²) >= 11 is 2.18. The third-order valence-corrected chi connectivity index (χ3v) is 2.76. The maximum absolute atomic E-state index is 11.7. The third-order valence-electron chi connectivity index (χ3n) is 2.09. The molecule has 92 valence electrons. The molecule has 0 unspecified atom stereocenters. The van der Waals surface area contributed by atoms with Gasteiger partial charge in [-0.15, -0.1) is 6.58 Å². The summed E-state index contributed by atoms with van der Waals surface area (Å²) < 4.78 is 6.35. The lowest BCUT2D eigenvalue weighted by molar-refractivity contribution is 0.0918. The van der Waals surface area contributed by atoms with E-state index in [9.17, 15) is 4.79 Å². The van der Waals surface area contributed by atoms with E-state index in [1.54, 1.807) is 6.07 Å². The van der Waals surface area contributed by atoms with Crippen LogP contribution in [-0.2, 0) is 4.74 Å². The average Bonchev–Trinajstić information content (AvgIpc) is 2.33. The molecule has 0 spiro atoms. The molecule has 1 N–H and O–H groups in total. The van der Waals surface area contributed by atoms with E-state index in [0.29, 0.717) is 25.3 Å². The van der Waals surface area contributed by atoms with Crippen molar-refractivity contribution in [2.75, 3.05) is 19.8 Å². The Hall–Kier alpha value is -0.880. The van der Waals surface area contributed by atoms with E-state index in [1.165, 1.54) is 0 Å². The van der Waals surface area contributed by atoms with Crippen LogP contribution in [0.3, 0.4) is 0 Å². The second-order valence-electron chi connectivity index (χ2n) is 3.46. The molecule has 3 nitrogen and oxygen atoms in total. The molecule has 0 bridgehead atoms. The number of hydrogen-bond donors (Lipinski definition) is 1. The molecule has 1 amide bonds. The van der Waals surface area contributed by atoms with Crippen molar-refractivity contribution in [3.63, 3.8) is 0 Å². The van der Waals surface area contributed by atoms with Crippen LogP contribution in [0.1, 0.15) is 16.8 Å². The zero-order valence-electron chi connectivity index (χ0n) is 9.62. The third kappa shape index (κ3) is 5.83. The first-order valence-corrected chi connectivity index (χ1v) is 6.54. The highest BCUT2D eigenvalue weighted by atomic mass is 127. The number of carbonyl (C=O) groups excluding carboxylic acids is 1. The van der Waals surface area contributed by atoms with Crippen molar-refractivity contribution >= 4 is 28.5 Å². The molecule has 1 aromatic rings. The van der Waals surface area contributed by atoms with Crippen LogP contribution in [0.2, 0.25) is 0 Å². The van der Waals surface area contributed by atoms with Gasteiger partial charge in [0.05, 0.1) is 13.2 Å². The predicted molar refractivity (Wildman–Crippen MR) is 77.1 cm³/mol. The minimum absolute atomic E-state index is 0.0594. The van der Waals surface area contributed by atoms with E-state index >= 15 is 0 Å². The quantitative estimate of drug-likeness (QED) is 0.469. The fourth-order valence-corrected chi connectivity index (χ4v) is 1.78. The molecule has 0 atom stereocenters. The van der Waals surface area contributed by atoms with Crippen molar-refractivity contribution in [1.29, 1.82) is 0 Å². The second kappa shape index (κ2) is 8.25. The van der Waals surface area contributed by atoms with Gasteiger partial charge in [-0.2, -0.15) is 0 Å². The van der Waals surface area contributed by atoms with Gasteiger partial charge in [0.1, 0.15) is 0 Å². The van der Waals surface area contributed by atoms with Crippen LogP contribution in [0.15, 0.2) is 36.9 Å². The van der Waals surface area contributed by atoms with Crippen LogP contribution in [0.4, 0.5) is 0 Å². The Morgan fingerprint density at radius 3 is 3.00 bits per heavy atom. The Balaban J connectivity index is 2.23. The smallest absolute Gasteiger partial charge is 0.251 e. The molecule has 1 aromatic carbocycles. The first kappa shape index (κ1) is 14.2. The molecule has 0 saturated carbocycles. The molecule has 17 heavy (non-hydrogen) atoms. The Morgan fingerprint density at radius 2 is 2.29 bits per heavy atom. The van der Waals surface area contributed by atoms with Gasteiger partial charge >= 0.3 is 0 Å². The molecule has 0 aliphatic carbocycles. The summed E-state index contributed by atoms with van der Waals surface area (Å²) in [5.74, 6) is -0.0594. The number of hydrogen-bond acceptors (Lipinski definition) is 2. The molecule has 0 aliphatic rings. The first-order chi connectivity index (χ1) is 8.24. The predicted octanol–water partition coefficient (Wildman–Crippen LogP) is 2.61. The maximum Gasteiger partial charge on any atom is 0.251 e. The van der Waals surface area contributed by atoms with Gasteiger partial charge in [0, 0.05) is 15.7 Å². The molecular weight excluding hydrogens is 329 g/mol. The molecule has 0 fully saturated rings. The highest BCUT2D eigenvalue weighted by Gasteiger charge is 2.04. The number of carbonyl (C=O) groups is 1. The topological polar surface area (TPSA) is 38.3 Å². The number of halogens is 1. The van der Waals surface area contributed by atoms with E-state index < -0.39 is 0 Å². The van der Waals surface area contributed by atoms with E-state index in [0.717, 1.165) is 9.99 Å². The lowest BCUT2D eigenvalue weighted by Gasteiger charge is -2.06. The van der Waals surface area contributed by atoms with Gasteiger partial charge in [0.25, 0.3) is 5.91 Å². The van der Waals surface area contributed by atoms with Crippen molar-refractivity contribution in [2.45, 2.75) is 6.42 Å². The molecule has 0 aromatic heterocycles. The molecule has 1 rings (SSSR count). The van der Waals surface area contributed by atoms with Gasteiger partial charge in [-0.1, -0.05) is 12.1 Å². The van der Waals surface area contributed by atoms with E-state index in [4.69, 9.17) is 4.74 Å². The summed E-state index contributed by atoms with van der Waals surface area (Å²) in [6.45, 7) is 5.32. The van der Waals surface area contributed by atoms with Crippen LogP contribution in [0.25, 0.3) is 0 Å². The lowest BCUT2D eigenvalue weighted by Crippen LogP contribution is -2.27. The van der Waals surface area contributed by atoms with Crippen LogP contribution in [0.5, 0.6) is 0 Å². The number of ether oxygens (including phenoxy) is 1. The fraction of sp³-hybridized carbons (Fsp3) is 0.308. The van der Waals surface area contributed by atoms with Crippen molar-refractivity contribution in [2.24, 2.45) is 0 Å². The fourth-order valence-electron chi connectivity index (χ4n) is 1.24. The average molecular weight is 345 g/mol. The summed E-state index contributed by atoms with van der Waals surface area (Å²) in [6.07, 6.45) is 2.65. The minimum Gasteiger partial charge on any atom is -0.379 e. The van der Waals surface area contributed by atoms with Crippen LogP contribution in [-0.4, -0.2) is 25.7 Å². The first-order valence-electron chi connectivity index (χ1n) is 5.46. The van der Waals surface area contributed by atoms with Crippen LogP contribution < -0.4 is 5.32 Å². The monoisotopic (exact) mass is 345 g/mol. The van der Waals surface area contributed by atoms with Gasteiger partial charge in [0.15, 0.2) is 0 Å². The Morgan fingerprint density at radius 1 is 1.47 bits per heavy atom. The van der Waals surface area contributed by atoms with Gasteiger partial charge in [-0.25, -0.2) is 0 Å². The van der Waals surface area contributed by atoms with Crippen LogP contribution in [0, 0.1) is 3.57 Å². The van der Waals surface area contributed by atoms with E-state index in [1.807, 2.05) is 24.3 Å². The number of amides is 1. The molecular formula is C13H16INO2. The maximum atomic E-state index is 11.7. The zero-order valence-corrected chi connectivity index (χ0v) is 11.8. The number of benzene rings is 1. The lowest BCUT2D eigenvalue weighted by atomic mass is 10.2. The summed E-state index contributed by atoms with van der Waals surface area (Å²) in [4.78, 5) is 11.7. The Kier molecular flexibility index (Phi) is 6.88. The second-order valence-corrected chi connectivity index (χ2v) is 4.70. The molecule has 4 heteroatoms. The highest BCUT2D eigenvalue weighted by molar-refractivity contribution is 14.1. The summed E-state index contributed by atoms with van der Waals surface area (Å²) in [6, 6.07) is 7.48. The molecule has 0 aliphatic heterocycles. The summed E-state index contributed by atoms with van der Waals surface area (Å²) in [5, 5.41) is 2.81. The summed E-state index contributed by atoms with van der Waals surface area (Å²) in [7, 11) is 0. The van der Waals surface area contributed by atoms with E-state index in [2.05, 4.69) is 34.5 Å². The van der Waals surface area contributed by atoms with Gasteiger partial charge in [0.2, 0.25) is 0 Å². The zero-order chi connectivity index (χ0) is 12.5. The van der Waals surface area contributed by atoms with Gasteiger partial charge < -0.3 is 10.1 Å². The molecule has 0 saturated heterocycles. The Bertz CT molecular complexity index is 379. The SMILES string of the molecule is C=CCCOCCNC(=O)c1cccc(I)c1. The molecule has 0 radical (unpaired) electrons. The largest absolute Gasteiger partial charge is 0.379 e. The number of rotatable bonds is 7. The standard InChI is InChI=1S/C13H16INO2/c1-2-3-8-17-9-7-15-13(16)11-5-4-6-12(14)10-11/h2,4-6,10H,1,3,7-9H2,(H,15,16). The molecule has 0 heterocycles. The van der Waals surface area contributed by atoms with Crippen molar-refractivity contribution in [3.05, 3.63) is 46.1 Å². The summed E-state index contributed by atoms with van der Waals surface area (Å²) in [5.41, 5.74) is 0.683. The van der Waals surface area contributed by atoms with E-state index in [-0.39, 0.29) is 5.91 Å². The van der Waals surface area contributed by atoms with Gasteiger partial charge in [-0.3, -0.25) is 4.79 Å². The minimum atomic E-state index is -0.0594.